The molecule has 4 nitrogen and oxygen atoms in total. The van der Waals surface area contributed by atoms with Gasteiger partial charge >= 0.3 is 0 Å². The summed E-state index contributed by atoms with van der Waals surface area (Å²) in [6.07, 6.45) is 1.00. The Bertz CT molecular complexity index is 726. The predicted molar refractivity (Wildman–Crippen MR) is 85.2 cm³/mol. The van der Waals surface area contributed by atoms with Crippen LogP contribution in [-0.4, -0.2) is 27.7 Å². The lowest BCUT2D eigenvalue weighted by Crippen LogP contribution is -2.36. The van der Waals surface area contributed by atoms with Crippen molar-refractivity contribution in [2.45, 2.75) is 25.9 Å². The van der Waals surface area contributed by atoms with Gasteiger partial charge in [-0.3, -0.25) is 4.90 Å². The first-order valence-electron chi connectivity index (χ1n) is 7.63. The zero-order valence-electron chi connectivity index (χ0n) is 13.1. The quantitative estimate of drug-likeness (QED) is 0.945. The van der Waals surface area contributed by atoms with Crippen molar-refractivity contribution in [1.82, 2.24) is 9.47 Å². The van der Waals surface area contributed by atoms with Gasteiger partial charge < -0.3 is 9.67 Å². The molecule has 1 aromatic heterocycles. The lowest BCUT2D eigenvalue weighted by molar-refractivity contribution is 0.108. The second-order valence-electron chi connectivity index (χ2n) is 5.93. The summed E-state index contributed by atoms with van der Waals surface area (Å²) in [5, 5.41) is 19.0. The minimum absolute atomic E-state index is 0.0371. The van der Waals surface area contributed by atoms with Crippen molar-refractivity contribution < 1.29 is 5.11 Å². The Kier molecular flexibility index (Phi) is 4.02. The van der Waals surface area contributed by atoms with Gasteiger partial charge in [0.25, 0.3) is 0 Å². The highest BCUT2D eigenvalue weighted by Gasteiger charge is 2.27. The van der Waals surface area contributed by atoms with Crippen LogP contribution in [0.1, 0.15) is 34.1 Å². The number of nitriles is 1. The smallest absolute Gasteiger partial charge is 0.120 e. The number of nitrogens with zero attached hydrogens (tertiary/aromatic N) is 3. The van der Waals surface area contributed by atoms with E-state index in [1.165, 1.54) is 11.1 Å². The van der Waals surface area contributed by atoms with Gasteiger partial charge in [-0.15, -0.1) is 0 Å². The van der Waals surface area contributed by atoms with Crippen molar-refractivity contribution in [3.05, 3.63) is 58.4 Å². The molecule has 22 heavy (non-hydrogen) atoms. The second-order valence-corrected chi connectivity index (χ2v) is 5.93. The molecule has 0 bridgehead atoms. The standard InChI is InChI=1S/C18H21N3O/c1-13-15(9-16(10-19)20(13)2)11-21-8-7-14-5-3-4-6-17(14)18(21)12-22/h3-6,9,18,22H,7-8,11-12H2,1-2H3. The van der Waals surface area contributed by atoms with E-state index >= 15 is 0 Å². The molecule has 1 aliphatic rings. The molecule has 0 saturated heterocycles. The van der Waals surface area contributed by atoms with Crippen LogP contribution in [-0.2, 0) is 20.0 Å². The van der Waals surface area contributed by atoms with Crippen LogP contribution in [0.15, 0.2) is 30.3 Å². The number of aliphatic hydroxyl groups excluding tert-OH is 1. The highest BCUT2D eigenvalue weighted by Crippen LogP contribution is 2.31. The van der Waals surface area contributed by atoms with Gasteiger partial charge in [0, 0.05) is 25.8 Å². The van der Waals surface area contributed by atoms with Crippen LogP contribution >= 0.6 is 0 Å². The summed E-state index contributed by atoms with van der Waals surface area (Å²) in [6.45, 7) is 3.86. The van der Waals surface area contributed by atoms with Gasteiger partial charge in [0.2, 0.25) is 0 Å². The summed E-state index contributed by atoms with van der Waals surface area (Å²) in [7, 11) is 1.92. The zero-order chi connectivity index (χ0) is 15.7. The maximum absolute atomic E-state index is 9.86. The van der Waals surface area contributed by atoms with Gasteiger partial charge in [0.15, 0.2) is 0 Å². The molecule has 2 aromatic rings. The molecule has 0 spiro atoms. The van der Waals surface area contributed by atoms with E-state index in [9.17, 15) is 5.11 Å². The third-order valence-electron chi connectivity index (χ3n) is 4.82. The molecule has 0 radical (unpaired) electrons. The maximum atomic E-state index is 9.86. The van der Waals surface area contributed by atoms with Crippen molar-refractivity contribution in [3.63, 3.8) is 0 Å². The molecule has 4 heteroatoms. The molecule has 0 amide bonds. The Morgan fingerprint density at radius 2 is 2.14 bits per heavy atom. The Morgan fingerprint density at radius 1 is 1.36 bits per heavy atom. The monoisotopic (exact) mass is 295 g/mol. The molecule has 0 saturated carbocycles. The van der Waals surface area contributed by atoms with E-state index < -0.39 is 0 Å². The van der Waals surface area contributed by atoms with Crippen molar-refractivity contribution in [3.8, 4) is 6.07 Å². The molecule has 114 valence electrons. The van der Waals surface area contributed by atoms with Gasteiger partial charge in [0.1, 0.15) is 11.8 Å². The fraction of sp³-hybridized carbons (Fsp3) is 0.389. The number of aliphatic hydroxyl groups is 1. The minimum atomic E-state index is 0.0371. The van der Waals surface area contributed by atoms with E-state index in [1.807, 2.05) is 30.7 Å². The lowest BCUT2D eigenvalue weighted by Gasteiger charge is -2.36. The van der Waals surface area contributed by atoms with E-state index in [0.717, 1.165) is 30.8 Å². The molecular weight excluding hydrogens is 274 g/mol. The Labute approximate surface area is 131 Å². The average Bonchev–Trinajstić information content (AvgIpc) is 2.82. The summed E-state index contributed by atoms with van der Waals surface area (Å²) in [5.74, 6) is 0. The van der Waals surface area contributed by atoms with Crippen LogP contribution in [0, 0.1) is 18.3 Å². The van der Waals surface area contributed by atoms with Gasteiger partial charge in [-0.2, -0.15) is 5.26 Å². The lowest BCUT2D eigenvalue weighted by atomic mass is 9.92. The summed E-state index contributed by atoms with van der Waals surface area (Å²) < 4.78 is 1.93. The Balaban J connectivity index is 1.89. The highest BCUT2D eigenvalue weighted by molar-refractivity contribution is 5.36. The number of aromatic nitrogens is 1. The molecular formula is C18H21N3O. The van der Waals surface area contributed by atoms with Gasteiger partial charge in [-0.25, -0.2) is 0 Å². The van der Waals surface area contributed by atoms with Crippen molar-refractivity contribution in [2.75, 3.05) is 13.2 Å². The molecule has 0 aliphatic carbocycles. The normalized spacial score (nSPS) is 18.0. The number of hydrogen-bond acceptors (Lipinski definition) is 3. The Morgan fingerprint density at radius 3 is 2.82 bits per heavy atom. The first-order chi connectivity index (χ1) is 10.7. The molecule has 2 heterocycles. The molecule has 3 rings (SSSR count). The average molecular weight is 295 g/mol. The number of fused-ring (bicyclic) bond motifs is 1. The largest absolute Gasteiger partial charge is 0.394 e. The van der Waals surface area contributed by atoms with Gasteiger partial charge in [0.05, 0.1) is 12.6 Å². The molecule has 1 aromatic carbocycles. The maximum Gasteiger partial charge on any atom is 0.120 e. The number of hydrogen-bond donors (Lipinski definition) is 1. The topological polar surface area (TPSA) is 52.2 Å². The third-order valence-corrected chi connectivity index (χ3v) is 4.82. The van der Waals surface area contributed by atoms with Crippen molar-refractivity contribution in [1.29, 1.82) is 5.26 Å². The summed E-state index contributed by atoms with van der Waals surface area (Å²) in [5.41, 5.74) is 5.53. The first kappa shape index (κ1) is 14.8. The molecule has 1 unspecified atom stereocenters. The van der Waals surface area contributed by atoms with Crippen LogP contribution < -0.4 is 0 Å². The molecule has 1 N–H and O–H groups in total. The molecule has 1 aliphatic heterocycles. The Hall–Kier alpha value is -2.09. The van der Waals surface area contributed by atoms with Crippen LogP contribution in [0.5, 0.6) is 0 Å². The van der Waals surface area contributed by atoms with E-state index in [4.69, 9.17) is 5.26 Å². The van der Waals surface area contributed by atoms with E-state index in [-0.39, 0.29) is 12.6 Å². The van der Waals surface area contributed by atoms with Crippen molar-refractivity contribution >= 4 is 0 Å². The summed E-state index contributed by atoms with van der Waals surface area (Å²) >= 11 is 0. The van der Waals surface area contributed by atoms with Crippen molar-refractivity contribution in [2.24, 2.45) is 7.05 Å². The van der Waals surface area contributed by atoms with Gasteiger partial charge in [-0.05, 0) is 36.1 Å². The van der Waals surface area contributed by atoms with Gasteiger partial charge in [-0.1, -0.05) is 24.3 Å². The van der Waals surface area contributed by atoms with E-state index in [1.54, 1.807) is 0 Å². The van der Waals surface area contributed by atoms with Crippen LogP contribution in [0.3, 0.4) is 0 Å². The molecule has 0 fully saturated rings. The summed E-state index contributed by atoms with van der Waals surface area (Å²) in [6, 6.07) is 12.6. The number of benzene rings is 1. The second kappa shape index (κ2) is 5.96. The predicted octanol–water partition coefficient (Wildman–Crippen LogP) is 2.30. The first-order valence-corrected chi connectivity index (χ1v) is 7.63. The third kappa shape index (κ3) is 2.43. The highest BCUT2D eigenvalue weighted by atomic mass is 16.3. The fourth-order valence-corrected chi connectivity index (χ4v) is 3.36. The number of rotatable bonds is 3. The van der Waals surface area contributed by atoms with E-state index in [0.29, 0.717) is 5.69 Å². The fourth-order valence-electron chi connectivity index (χ4n) is 3.36. The SMILES string of the molecule is Cc1c(CN2CCc3ccccc3C2CO)cc(C#N)n1C. The van der Waals surface area contributed by atoms with Crippen LogP contribution in [0.4, 0.5) is 0 Å². The zero-order valence-corrected chi connectivity index (χ0v) is 13.1. The molecule has 1 atom stereocenters. The van der Waals surface area contributed by atoms with Crippen LogP contribution in [0.2, 0.25) is 0 Å². The summed E-state index contributed by atoms with van der Waals surface area (Å²) in [4.78, 5) is 2.31. The minimum Gasteiger partial charge on any atom is -0.394 e. The van der Waals surface area contributed by atoms with Crippen LogP contribution in [0.25, 0.3) is 0 Å². The van der Waals surface area contributed by atoms with E-state index in [2.05, 4.69) is 29.2 Å².